The molecule has 3 unspecified atom stereocenters. The van der Waals surface area contributed by atoms with E-state index in [9.17, 15) is 0 Å². The zero-order valence-corrected chi connectivity index (χ0v) is 13.0. The van der Waals surface area contributed by atoms with E-state index in [-0.39, 0.29) is 6.04 Å². The summed E-state index contributed by atoms with van der Waals surface area (Å²) in [4.78, 5) is 2.55. The van der Waals surface area contributed by atoms with Gasteiger partial charge in [0.2, 0.25) is 0 Å². The topological polar surface area (TPSA) is 47.7 Å². The van der Waals surface area contributed by atoms with Crippen LogP contribution in [0.1, 0.15) is 30.9 Å². The van der Waals surface area contributed by atoms with Crippen molar-refractivity contribution in [1.82, 2.24) is 4.90 Å². The fraction of sp³-hybridized carbons (Fsp3) is 0.647. The van der Waals surface area contributed by atoms with Crippen LogP contribution in [0.2, 0.25) is 0 Å². The van der Waals surface area contributed by atoms with Gasteiger partial charge in [-0.1, -0.05) is 18.6 Å². The Hall–Kier alpha value is -1.26. The lowest BCUT2D eigenvalue weighted by atomic mass is 10.0. The molecule has 0 bridgehead atoms. The molecule has 0 radical (unpaired) electrons. The van der Waals surface area contributed by atoms with Crippen molar-refractivity contribution < 1.29 is 9.47 Å². The number of hydrogen-bond donors (Lipinski definition) is 1. The third kappa shape index (κ3) is 2.62. The van der Waals surface area contributed by atoms with Gasteiger partial charge in [-0.3, -0.25) is 4.90 Å². The first-order valence-electron chi connectivity index (χ1n) is 7.93. The molecule has 0 spiro atoms. The average molecular weight is 290 g/mol. The molecular weight excluding hydrogens is 264 g/mol. The monoisotopic (exact) mass is 290 g/mol. The van der Waals surface area contributed by atoms with Gasteiger partial charge in [-0.15, -0.1) is 0 Å². The molecule has 4 nitrogen and oxygen atoms in total. The number of likely N-dealkylation sites (tertiary alicyclic amines) is 1. The molecule has 1 aliphatic carbocycles. The van der Waals surface area contributed by atoms with E-state index in [0.29, 0.717) is 6.54 Å². The van der Waals surface area contributed by atoms with Gasteiger partial charge in [0.15, 0.2) is 11.5 Å². The van der Waals surface area contributed by atoms with Gasteiger partial charge in [-0.2, -0.15) is 0 Å². The first-order chi connectivity index (χ1) is 10.3. The number of ether oxygens (including phenoxy) is 2. The van der Waals surface area contributed by atoms with Gasteiger partial charge in [0.1, 0.15) is 0 Å². The maximum absolute atomic E-state index is 6.11. The van der Waals surface area contributed by atoms with E-state index in [4.69, 9.17) is 15.2 Å². The molecule has 3 rings (SSSR count). The summed E-state index contributed by atoms with van der Waals surface area (Å²) in [6.07, 6.45) is 4.17. The van der Waals surface area contributed by atoms with Crippen molar-refractivity contribution >= 4 is 0 Å². The minimum atomic E-state index is 0.223. The molecule has 0 amide bonds. The summed E-state index contributed by atoms with van der Waals surface area (Å²) in [6.45, 7) is 2.96. The Bertz CT molecular complexity index is 480. The normalized spacial score (nSPS) is 26.6. The fourth-order valence-electron chi connectivity index (χ4n) is 4.17. The molecule has 4 heteroatoms. The molecule has 0 aromatic heterocycles. The Kier molecular flexibility index (Phi) is 4.36. The lowest BCUT2D eigenvalue weighted by molar-refractivity contribution is 0.225. The largest absolute Gasteiger partial charge is 0.493 e. The average Bonchev–Trinajstić information content (AvgIpc) is 3.09. The predicted molar refractivity (Wildman–Crippen MR) is 83.7 cm³/mol. The summed E-state index contributed by atoms with van der Waals surface area (Å²) in [5.41, 5.74) is 7.26. The lowest BCUT2D eigenvalue weighted by Crippen LogP contribution is -2.33. The molecule has 1 aromatic carbocycles. The molecule has 1 aromatic rings. The highest BCUT2D eigenvalue weighted by Crippen LogP contribution is 2.43. The zero-order valence-electron chi connectivity index (χ0n) is 13.0. The van der Waals surface area contributed by atoms with Gasteiger partial charge >= 0.3 is 0 Å². The molecule has 1 heterocycles. The predicted octanol–water partition coefficient (Wildman–Crippen LogP) is 2.44. The number of methoxy groups -OCH3 is 2. The van der Waals surface area contributed by atoms with Gasteiger partial charge < -0.3 is 15.2 Å². The number of para-hydroxylation sites is 1. The standard InChI is InChI=1S/C17H26N2O2/c1-20-16-8-4-7-14(17(16)21-2)15(9-18)19-10-12-5-3-6-13(12)11-19/h4,7-8,12-13,15H,3,5-6,9-11,18H2,1-2H3. The second-order valence-electron chi connectivity index (χ2n) is 6.24. The number of nitrogens with zero attached hydrogens (tertiary/aromatic N) is 1. The van der Waals surface area contributed by atoms with E-state index in [1.54, 1.807) is 14.2 Å². The second kappa shape index (κ2) is 6.24. The van der Waals surface area contributed by atoms with E-state index in [0.717, 1.165) is 28.9 Å². The Morgan fingerprint density at radius 1 is 1.19 bits per heavy atom. The number of benzene rings is 1. The summed E-state index contributed by atoms with van der Waals surface area (Å²) >= 11 is 0. The van der Waals surface area contributed by atoms with E-state index in [1.807, 2.05) is 12.1 Å². The van der Waals surface area contributed by atoms with Crippen LogP contribution in [0.5, 0.6) is 11.5 Å². The molecule has 1 saturated heterocycles. The van der Waals surface area contributed by atoms with Crippen LogP contribution in [0.15, 0.2) is 18.2 Å². The van der Waals surface area contributed by atoms with Gasteiger partial charge in [0.05, 0.1) is 20.3 Å². The minimum Gasteiger partial charge on any atom is -0.493 e. The maximum atomic E-state index is 6.11. The SMILES string of the molecule is COc1cccc(C(CN)N2CC3CCCC3C2)c1OC. The number of rotatable bonds is 5. The van der Waals surface area contributed by atoms with Crippen LogP contribution in [-0.2, 0) is 0 Å². The van der Waals surface area contributed by atoms with Crippen LogP contribution < -0.4 is 15.2 Å². The molecule has 2 fully saturated rings. The van der Waals surface area contributed by atoms with Gasteiger partial charge in [-0.25, -0.2) is 0 Å². The van der Waals surface area contributed by atoms with Crippen molar-refractivity contribution in [2.45, 2.75) is 25.3 Å². The van der Waals surface area contributed by atoms with Crippen LogP contribution in [-0.4, -0.2) is 38.8 Å². The Labute approximate surface area is 127 Å². The fourth-order valence-corrected chi connectivity index (χ4v) is 4.17. The van der Waals surface area contributed by atoms with E-state index >= 15 is 0 Å². The molecular formula is C17H26N2O2. The van der Waals surface area contributed by atoms with Crippen LogP contribution in [0.25, 0.3) is 0 Å². The number of nitrogens with two attached hydrogens (primary N) is 1. The summed E-state index contributed by atoms with van der Waals surface area (Å²) in [7, 11) is 3.38. The zero-order chi connectivity index (χ0) is 14.8. The van der Waals surface area contributed by atoms with E-state index in [2.05, 4.69) is 11.0 Å². The first-order valence-corrected chi connectivity index (χ1v) is 7.93. The summed E-state index contributed by atoms with van der Waals surface area (Å²) in [5.74, 6) is 3.35. The van der Waals surface area contributed by atoms with Crippen molar-refractivity contribution in [3.63, 3.8) is 0 Å². The van der Waals surface area contributed by atoms with Gasteiger partial charge in [-0.05, 0) is 30.7 Å². The highest BCUT2D eigenvalue weighted by molar-refractivity contribution is 5.48. The van der Waals surface area contributed by atoms with E-state index in [1.165, 1.54) is 32.4 Å². The first kappa shape index (κ1) is 14.7. The van der Waals surface area contributed by atoms with Gasteiger partial charge in [0.25, 0.3) is 0 Å². The van der Waals surface area contributed by atoms with Gasteiger partial charge in [0, 0.05) is 25.2 Å². The number of fused-ring (bicyclic) bond motifs is 1. The third-order valence-corrected chi connectivity index (χ3v) is 5.21. The molecule has 116 valence electrons. The molecule has 1 saturated carbocycles. The van der Waals surface area contributed by atoms with Crippen LogP contribution in [0.3, 0.4) is 0 Å². The number of hydrogen-bond acceptors (Lipinski definition) is 4. The highest BCUT2D eigenvalue weighted by atomic mass is 16.5. The minimum absolute atomic E-state index is 0.223. The van der Waals surface area contributed by atoms with Crippen molar-refractivity contribution in [3.8, 4) is 11.5 Å². The van der Waals surface area contributed by atoms with Crippen LogP contribution >= 0.6 is 0 Å². The quantitative estimate of drug-likeness (QED) is 0.905. The summed E-state index contributed by atoms with van der Waals surface area (Å²) < 4.78 is 11.0. The van der Waals surface area contributed by atoms with Crippen molar-refractivity contribution in [1.29, 1.82) is 0 Å². The second-order valence-corrected chi connectivity index (χ2v) is 6.24. The maximum Gasteiger partial charge on any atom is 0.165 e. The molecule has 21 heavy (non-hydrogen) atoms. The molecule has 1 aliphatic heterocycles. The van der Waals surface area contributed by atoms with Crippen molar-refractivity contribution in [2.24, 2.45) is 17.6 Å². The van der Waals surface area contributed by atoms with Crippen LogP contribution in [0.4, 0.5) is 0 Å². The van der Waals surface area contributed by atoms with Crippen LogP contribution in [0, 0.1) is 11.8 Å². The summed E-state index contributed by atoms with van der Waals surface area (Å²) in [6, 6.07) is 6.30. The Morgan fingerprint density at radius 2 is 1.90 bits per heavy atom. The third-order valence-electron chi connectivity index (χ3n) is 5.21. The molecule has 3 atom stereocenters. The smallest absolute Gasteiger partial charge is 0.165 e. The van der Waals surface area contributed by atoms with Crippen molar-refractivity contribution in [3.05, 3.63) is 23.8 Å². The van der Waals surface area contributed by atoms with E-state index < -0.39 is 0 Å². The highest BCUT2D eigenvalue weighted by Gasteiger charge is 2.39. The Balaban J connectivity index is 1.87. The lowest BCUT2D eigenvalue weighted by Gasteiger charge is -2.29. The molecule has 2 aliphatic rings. The Morgan fingerprint density at radius 3 is 2.48 bits per heavy atom. The van der Waals surface area contributed by atoms with Crippen molar-refractivity contribution in [2.75, 3.05) is 33.9 Å². The summed E-state index contributed by atoms with van der Waals surface area (Å²) in [5, 5.41) is 0. The molecule has 2 N–H and O–H groups in total.